The summed E-state index contributed by atoms with van der Waals surface area (Å²) in [5.41, 5.74) is 1.98. The van der Waals surface area contributed by atoms with E-state index in [2.05, 4.69) is 13.8 Å². The number of hydrogen-bond donors (Lipinski definition) is 0. The van der Waals surface area contributed by atoms with Crippen molar-refractivity contribution in [3.63, 3.8) is 0 Å². The van der Waals surface area contributed by atoms with E-state index in [1.165, 1.54) is 64.2 Å². The minimum atomic E-state index is 0. The molecule has 0 aliphatic rings. The summed E-state index contributed by atoms with van der Waals surface area (Å²) in [4.78, 5) is 0. The van der Waals surface area contributed by atoms with Crippen LogP contribution in [0.3, 0.4) is 0 Å². The van der Waals surface area contributed by atoms with Crippen LogP contribution in [-0.2, 0) is 80.1 Å². The van der Waals surface area contributed by atoms with Gasteiger partial charge in [-0.2, -0.15) is 0 Å². The summed E-state index contributed by atoms with van der Waals surface area (Å²) in [7, 11) is 0. The van der Waals surface area contributed by atoms with Gasteiger partial charge in [-0.05, 0) is 61.5 Å². The monoisotopic (exact) mass is 758 g/mol. The fourth-order valence-electron chi connectivity index (χ4n) is 5.12. The van der Waals surface area contributed by atoms with Crippen LogP contribution in [0.15, 0.2) is 80.8 Å². The van der Waals surface area contributed by atoms with Gasteiger partial charge in [0.2, 0.25) is 0 Å². The molecule has 4 nitrogen and oxygen atoms in total. The fraction of sp³-hybridized carbons (Fsp3) is 0.471. The zero-order valence-electron chi connectivity index (χ0n) is 26.2. The molecule has 2 aromatic heterocycles. The standard InChI is InChI=1S/2C17H24N2S3.Ni/c2*1-2-3-4-5-6-10-13-18-15(20)16(21)19(17(18)22)14-11-8-7-9-12-14;/h2*7-9,11-12,20-21H,2-6,10,13H2,1H3;/p-4. The van der Waals surface area contributed by atoms with Crippen LogP contribution in [0.25, 0.3) is 11.4 Å². The van der Waals surface area contributed by atoms with Crippen molar-refractivity contribution in [1.82, 2.24) is 18.3 Å². The van der Waals surface area contributed by atoms with Crippen molar-refractivity contribution in [2.24, 2.45) is 0 Å². The second-order valence-electron chi connectivity index (χ2n) is 11.0. The molecular weight excluding hydrogens is 715 g/mol. The van der Waals surface area contributed by atoms with Gasteiger partial charge in [-0.15, -0.1) is 20.1 Å². The van der Waals surface area contributed by atoms with Crippen LogP contribution < -0.4 is 0 Å². The summed E-state index contributed by atoms with van der Waals surface area (Å²) >= 11 is 33.2. The van der Waals surface area contributed by atoms with Gasteiger partial charge in [0.15, 0.2) is 9.54 Å². The molecule has 2 aromatic carbocycles. The molecule has 0 saturated heterocycles. The zero-order valence-corrected chi connectivity index (χ0v) is 32.1. The maximum atomic E-state index is 5.59. The Kier molecular flexibility index (Phi) is 19.1. The van der Waals surface area contributed by atoms with Gasteiger partial charge < -0.3 is 68.8 Å². The third kappa shape index (κ3) is 11.4. The second-order valence-corrected chi connectivity index (χ2v) is 13.2. The van der Waals surface area contributed by atoms with Crippen molar-refractivity contribution in [3.05, 3.63) is 70.2 Å². The molecule has 0 saturated carbocycles. The second kappa shape index (κ2) is 21.5. The molecule has 250 valence electrons. The average Bonchev–Trinajstić information content (AvgIpc) is 3.38. The van der Waals surface area contributed by atoms with E-state index in [9.17, 15) is 0 Å². The smallest absolute Gasteiger partial charge is 0.181 e. The van der Waals surface area contributed by atoms with E-state index in [1.807, 2.05) is 78.9 Å². The molecule has 0 amide bonds. The molecule has 0 N–H and O–H groups in total. The van der Waals surface area contributed by atoms with Crippen molar-refractivity contribution in [2.75, 3.05) is 0 Å². The summed E-state index contributed by atoms with van der Waals surface area (Å²) < 4.78 is 9.28. The van der Waals surface area contributed by atoms with Gasteiger partial charge in [0.05, 0.1) is 0 Å². The summed E-state index contributed by atoms with van der Waals surface area (Å²) in [6, 6.07) is 20.0. The van der Waals surface area contributed by atoms with E-state index in [0.717, 1.165) is 46.8 Å². The van der Waals surface area contributed by atoms with Crippen molar-refractivity contribution in [2.45, 2.75) is 124 Å². The maximum Gasteiger partial charge on any atom is 0.181 e. The fourth-order valence-corrected chi connectivity index (χ4v) is 7.25. The molecule has 0 aliphatic heterocycles. The first-order valence-electron chi connectivity index (χ1n) is 15.8. The van der Waals surface area contributed by atoms with E-state index in [1.54, 1.807) is 0 Å². The Hall–Kier alpha value is -1.33. The van der Waals surface area contributed by atoms with Gasteiger partial charge in [-0.1, -0.05) is 114 Å². The van der Waals surface area contributed by atoms with Crippen molar-refractivity contribution in [1.29, 1.82) is 0 Å². The zero-order chi connectivity index (χ0) is 31.9. The molecule has 0 unspecified atom stereocenters. The first-order valence-corrected chi connectivity index (χ1v) is 18.3. The van der Waals surface area contributed by atoms with Crippen LogP contribution in [-0.4, -0.2) is 18.3 Å². The molecule has 2 heterocycles. The Morgan fingerprint density at radius 2 is 0.778 bits per heavy atom. The van der Waals surface area contributed by atoms with Gasteiger partial charge >= 0.3 is 0 Å². The van der Waals surface area contributed by atoms with Gasteiger partial charge in [0, 0.05) is 41.0 Å². The Morgan fingerprint density at radius 3 is 1.11 bits per heavy atom. The van der Waals surface area contributed by atoms with Crippen LogP contribution in [0.2, 0.25) is 0 Å². The summed E-state index contributed by atoms with van der Waals surface area (Å²) in [5, 5.41) is 2.68. The van der Waals surface area contributed by atoms with E-state index >= 15 is 0 Å². The minimum Gasteiger partial charge on any atom is -0.762 e. The number of para-hydroxylation sites is 2. The van der Waals surface area contributed by atoms with E-state index in [0.29, 0.717) is 20.1 Å². The van der Waals surface area contributed by atoms with E-state index < -0.39 is 0 Å². The molecule has 4 rings (SSSR count). The largest absolute Gasteiger partial charge is 0.762 e. The molecule has 0 bridgehead atoms. The normalized spacial score (nSPS) is 10.7. The van der Waals surface area contributed by atoms with Crippen LogP contribution in [0.5, 0.6) is 0 Å². The van der Waals surface area contributed by atoms with Gasteiger partial charge in [-0.25, -0.2) is 0 Å². The molecule has 11 heteroatoms. The van der Waals surface area contributed by atoms with Gasteiger partial charge in [0.1, 0.15) is 0 Å². The van der Waals surface area contributed by atoms with Crippen molar-refractivity contribution >= 4 is 75.0 Å². The molecule has 0 atom stereocenters. The number of hydrogen-bond acceptors (Lipinski definition) is 6. The topological polar surface area (TPSA) is 19.7 Å². The Morgan fingerprint density at radius 1 is 0.467 bits per heavy atom. The number of aromatic nitrogens is 4. The summed E-state index contributed by atoms with van der Waals surface area (Å²) in [5.74, 6) is 0. The number of imidazole rings is 2. The maximum absolute atomic E-state index is 5.59. The first-order chi connectivity index (χ1) is 21.3. The predicted octanol–water partition coefficient (Wildman–Crippen LogP) is 10.4. The van der Waals surface area contributed by atoms with E-state index in [-0.39, 0.29) is 16.5 Å². The molecule has 0 fully saturated rings. The Labute approximate surface area is 313 Å². The van der Waals surface area contributed by atoms with Crippen LogP contribution >= 0.6 is 24.4 Å². The van der Waals surface area contributed by atoms with Crippen molar-refractivity contribution in [3.8, 4) is 11.4 Å². The van der Waals surface area contributed by atoms with Gasteiger partial charge in [-0.3, -0.25) is 0 Å². The summed E-state index contributed by atoms with van der Waals surface area (Å²) in [6.45, 7) is 6.21. The molecule has 4 aromatic rings. The Balaban J connectivity index is 0.000000307. The molecule has 0 aliphatic carbocycles. The number of rotatable bonds is 16. The third-order valence-electron chi connectivity index (χ3n) is 7.61. The van der Waals surface area contributed by atoms with Crippen LogP contribution in [0.4, 0.5) is 0 Å². The van der Waals surface area contributed by atoms with Crippen LogP contribution in [0.1, 0.15) is 90.9 Å². The molecule has 0 spiro atoms. The molecule has 45 heavy (non-hydrogen) atoms. The Bertz CT molecular complexity index is 1410. The number of benzene rings is 2. The number of nitrogens with zero attached hydrogens (tertiary/aromatic N) is 4. The summed E-state index contributed by atoms with van der Waals surface area (Å²) in [6.07, 6.45) is 15.1. The van der Waals surface area contributed by atoms with Crippen molar-refractivity contribution < 1.29 is 16.5 Å². The minimum absolute atomic E-state index is 0. The third-order valence-corrected chi connectivity index (χ3v) is 10.2. The van der Waals surface area contributed by atoms with E-state index in [4.69, 9.17) is 75.0 Å². The SMILES string of the molecule is CCCCCCCCn1c([S-])c([S-])n(-c2ccccc2)c1=S.CCCCCCCCn1c([S-])c([S-])n(-c2ccccc2)c1=S.[Ni]. The molecule has 0 radical (unpaired) electrons. The first kappa shape index (κ1) is 39.9. The predicted molar refractivity (Wildman–Crippen MR) is 198 cm³/mol. The molecular formula is C34H44N4NiS6-4. The quantitative estimate of drug-likeness (QED) is 0.0487. The number of unbranched alkanes of at least 4 members (excludes halogenated alkanes) is 10. The average molecular weight is 760 g/mol. The van der Waals surface area contributed by atoms with Crippen LogP contribution in [0, 0.1) is 9.54 Å². The van der Waals surface area contributed by atoms with Gasteiger partial charge in [0.25, 0.3) is 0 Å².